The van der Waals surface area contributed by atoms with E-state index in [0.29, 0.717) is 40.7 Å². The van der Waals surface area contributed by atoms with Crippen molar-refractivity contribution in [3.05, 3.63) is 63.9 Å². The van der Waals surface area contributed by atoms with Crippen LogP contribution in [0.2, 0.25) is 10.0 Å². The predicted octanol–water partition coefficient (Wildman–Crippen LogP) is 4.49. The number of benzene rings is 2. The normalized spacial score (nSPS) is 15.6. The highest BCUT2D eigenvalue weighted by atomic mass is 35.5. The van der Waals surface area contributed by atoms with E-state index < -0.39 is 0 Å². The Labute approximate surface area is 177 Å². The van der Waals surface area contributed by atoms with Crippen molar-refractivity contribution in [2.45, 2.75) is 26.0 Å². The molecule has 4 rings (SSSR count). The molecule has 9 heteroatoms. The van der Waals surface area contributed by atoms with Crippen molar-refractivity contribution < 1.29 is 14.3 Å². The lowest BCUT2D eigenvalue weighted by molar-refractivity contribution is -0.117. The number of fused-ring (bicyclic) bond motifs is 1. The van der Waals surface area contributed by atoms with E-state index >= 15 is 0 Å². The van der Waals surface area contributed by atoms with E-state index in [9.17, 15) is 4.79 Å². The van der Waals surface area contributed by atoms with Crippen LogP contribution < -0.4 is 14.8 Å². The third kappa shape index (κ3) is 4.16. The molecule has 0 unspecified atom stereocenters. The summed E-state index contributed by atoms with van der Waals surface area (Å²) in [6, 6.07) is 10.7. The number of halogens is 2. The van der Waals surface area contributed by atoms with Crippen LogP contribution in [0.25, 0.3) is 0 Å². The molecule has 7 nitrogen and oxygen atoms in total. The second kappa shape index (κ2) is 8.31. The summed E-state index contributed by atoms with van der Waals surface area (Å²) in [5.41, 5.74) is 1.78. The van der Waals surface area contributed by atoms with Crippen LogP contribution in [0.4, 0.5) is 5.95 Å². The fourth-order valence-electron chi connectivity index (χ4n) is 3.17. The molecule has 1 aliphatic heterocycles. The van der Waals surface area contributed by atoms with E-state index in [4.69, 9.17) is 32.7 Å². The second-order valence-corrected chi connectivity index (χ2v) is 7.29. The molecule has 0 fully saturated rings. The minimum Gasteiger partial charge on any atom is -0.490 e. The quantitative estimate of drug-likeness (QED) is 0.620. The van der Waals surface area contributed by atoms with Crippen molar-refractivity contribution in [3.8, 4) is 11.5 Å². The average molecular weight is 433 g/mol. The first-order valence-corrected chi connectivity index (χ1v) is 9.83. The van der Waals surface area contributed by atoms with Gasteiger partial charge in [-0.2, -0.15) is 10.1 Å². The van der Waals surface area contributed by atoms with Crippen LogP contribution >= 0.6 is 23.2 Å². The summed E-state index contributed by atoms with van der Waals surface area (Å²) in [4.78, 5) is 16.1. The monoisotopic (exact) mass is 432 g/mol. The van der Waals surface area contributed by atoms with Crippen LogP contribution in [0.5, 0.6) is 11.5 Å². The van der Waals surface area contributed by atoms with Gasteiger partial charge < -0.3 is 9.47 Å². The molecule has 3 aromatic rings. The third-order valence-electron chi connectivity index (χ3n) is 4.53. The number of anilines is 1. The Kier molecular flexibility index (Phi) is 5.60. The molecule has 1 N–H and O–H groups in total. The third-order valence-corrected chi connectivity index (χ3v) is 5.27. The zero-order valence-corrected chi connectivity index (χ0v) is 17.1. The van der Waals surface area contributed by atoms with Gasteiger partial charge in [-0.05, 0) is 42.3 Å². The summed E-state index contributed by atoms with van der Waals surface area (Å²) < 4.78 is 13.4. The average Bonchev–Trinajstić information content (AvgIpc) is 3.17. The lowest BCUT2D eigenvalue weighted by Gasteiger charge is -2.24. The van der Waals surface area contributed by atoms with E-state index in [1.54, 1.807) is 16.8 Å². The molecule has 0 bridgehead atoms. The van der Waals surface area contributed by atoms with E-state index in [1.165, 1.54) is 6.33 Å². The smallest absolute Gasteiger partial charge is 0.229 e. The fraction of sp³-hybridized carbons (Fsp3) is 0.250. The van der Waals surface area contributed by atoms with Crippen molar-refractivity contribution in [2.75, 3.05) is 11.9 Å². The van der Waals surface area contributed by atoms with Gasteiger partial charge in [-0.1, -0.05) is 35.3 Å². The van der Waals surface area contributed by atoms with E-state index in [0.717, 1.165) is 11.1 Å². The molecule has 0 radical (unpaired) electrons. The molecule has 0 aliphatic carbocycles. The van der Waals surface area contributed by atoms with Crippen LogP contribution in [0.3, 0.4) is 0 Å². The van der Waals surface area contributed by atoms with Gasteiger partial charge in [0.15, 0.2) is 11.5 Å². The van der Waals surface area contributed by atoms with Crippen molar-refractivity contribution >= 4 is 35.1 Å². The lowest BCUT2D eigenvalue weighted by Crippen LogP contribution is -2.29. The maximum atomic E-state index is 12.0. The largest absolute Gasteiger partial charge is 0.490 e. The van der Waals surface area contributed by atoms with Crippen molar-refractivity contribution in [3.63, 3.8) is 0 Å². The summed E-state index contributed by atoms with van der Waals surface area (Å²) >= 11 is 12.0. The highest BCUT2D eigenvalue weighted by molar-refractivity contribution is 6.42. The number of rotatable bonds is 6. The standard InChI is InChI=1S/C20H18Cl2N4O3/c1-2-28-18-8-13(16-9-19(27)25-20-23-11-24-26(16)20)4-6-17(18)29-10-12-3-5-14(21)15(22)7-12/h3-8,11,16H,2,9-10H2,1H3,(H,23,24,25,27)/t16-/m0/s1. The summed E-state index contributed by atoms with van der Waals surface area (Å²) in [7, 11) is 0. The van der Waals surface area contributed by atoms with Gasteiger partial charge in [-0.15, -0.1) is 0 Å². The number of ether oxygens (including phenoxy) is 2. The first kappa shape index (κ1) is 19.5. The first-order chi connectivity index (χ1) is 14.0. The number of hydrogen-bond donors (Lipinski definition) is 1. The van der Waals surface area contributed by atoms with Crippen LogP contribution in [0.15, 0.2) is 42.7 Å². The van der Waals surface area contributed by atoms with Crippen molar-refractivity contribution in [1.82, 2.24) is 14.8 Å². The molecule has 1 aromatic heterocycles. The highest BCUT2D eigenvalue weighted by Gasteiger charge is 2.28. The Morgan fingerprint density at radius 1 is 1.14 bits per heavy atom. The van der Waals surface area contributed by atoms with Crippen LogP contribution in [-0.4, -0.2) is 27.3 Å². The number of nitrogens with one attached hydrogen (secondary N) is 1. The minimum atomic E-state index is -0.260. The Hall–Kier alpha value is -2.77. The zero-order valence-electron chi connectivity index (χ0n) is 15.6. The van der Waals surface area contributed by atoms with E-state index in [1.807, 2.05) is 31.2 Å². The highest BCUT2D eigenvalue weighted by Crippen LogP contribution is 2.35. The maximum absolute atomic E-state index is 12.0. The number of carbonyl (C=O) groups excluding carboxylic acids is 1. The molecule has 1 aliphatic rings. The minimum absolute atomic E-state index is 0.103. The molecule has 2 heterocycles. The Balaban J connectivity index is 1.59. The van der Waals surface area contributed by atoms with Gasteiger partial charge in [0.25, 0.3) is 0 Å². The van der Waals surface area contributed by atoms with Gasteiger partial charge >= 0.3 is 0 Å². The van der Waals surface area contributed by atoms with Crippen LogP contribution in [-0.2, 0) is 11.4 Å². The predicted molar refractivity (Wildman–Crippen MR) is 110 cm³/mol. The molecule has 0 spiro atoms. The number of nitrogens with zero attached hydrogens (tertiary/aromatic N) is 3. The Morgan fingerprint density at radius 3 is 2.79 bits per heavy atom. The number of amides is 1. The zero-order chi connectivity index (χ0) is 20.4. The summed E-state index contributed by atoms with van der Waals surface area (Å²) in [5.74, 6) is 1.52. The molecule has 29 heavy (non-hydrogen) atoms. The number of carbonyl (C=O) groups is 1. The molecule has 2 aromatic carbocycles. The SMILES string of the molecule is CCOc1cc([C@@H]2CC(=O)Nc3ncnn32)ccc1OCc1ccc(Cl)c(Cl)c1. The van der Waals surface area contributed by atoms with E-state index in [2.05, 4.69) is 15.4 Å². The topological polar surface area (TPSA) is 78.3 Å². The van der Waals surface area contributed by atoms with Crippen LogP contribution in [0.1, 0.15) is 30.5 Å². The van der Waals surface area contributed by atoms with Gasteiger partial charge in [0, 0.05) is 0 Å². The second-order valence-electron chi connectivity index (χ2n) is 6.47. The lowest BCUT2D eigenvalue weighted by atomic mass is 10.0. The van der Waals surface area contributed by atoms with E-state index in [-0.39, 0.29) is 18.4 Å². The van der Waals surface area contributed by atoms with Gasteiger partial charge in [0.2, 0.25) is 11.9 Å². The molecule has 0 saturated carbocycles. The molecular weight excluding hydrogens is 415 g/mol. The molecule has 150 valence electrons. The number of aromatic nitrogens is 3. The van der Waals surface area contributed by atoms with Crippen molar-refractivity contribution in [1.29, 1.82) is 0 Å². The van der Waals surface area contributed by atoms with Gasteiger partial charge in [-0.3, -0.25) is 10.1 Å². The molecule has 1 atom stereocenters. The molecular formula is C20H18Cl2N4O3. The molecule has 0 saturated heterocycles. The summed E-state index contributed by atoms with van der Waals surface area (Å²) in [6.45, 7) is 2.70. The first-order valence-electron chi connectivity index (χ1n) is 9.08. The van der Waals surface area contributed by atoms with Gasteiger partial charge in [0.05, 0.1) is 29.1 Å². The summed E-state index contributed by atoms with van der Waals surface area (Å²) in [6.07, 6.45) is 1.69. The number of hydrogen-bond acceptors (Lipinski definition) is 5. The molecule has 1 amide bonds. The van der Waals surface area contributed by atoms with Gasteiger partial charge in [-0.25, -0.2) is 4.68 Å². The van der Waals surface area contributed by atoms with Gasteiger partial charge in [0.1, 0.15) is 12.9 Å². The Bertz CT molecular complexity index is 1050. The fourth-order valence-corrected chi connectivity index (χ4v) is 3.50. The maximum Gasteiger partial charge on any atom is 0.229 e. The van der Waals surface area contributed by atoms with Crippen LogP contribution in [0, 0.1) is 0 Å². The summed E-state index contributed by atoms with van der Waals surface area (Å²) in [5, 5.41) is 7.92. The van der Waals surface area contributed by atoms with Crippen molar-refractivity contribution in [2.24, 2.45) is 0 Å². The Morgan fingerprint density at radius 2 is 2.00 bits per heavy atom.